The van der Waals surface area contributed by atoms with Crippen LogP contribution < -0.4 is 10.6 Å². The number of benzene rings is 2. The maximum Gasteiger partial charge on any atom is 0.314 e. The van der Waals surface area contributed by atoms with Gasteiger partial charge in [-0.3, -0.25) is 0 Å². The Bertz CT molecular complexity index is 558. The molecule has 0 aliphatic carbocycles. The topological polar surface area (TPSA) is 61.4 Å². The van der Waals surface area contributed by atoms with Crippen molar-refractivity contribution in [2.45, 2.75) is 18.9 Å². The minimum Gasteiger partial charge on any atom is -0.388 e. The highest BCUT2D eigenvalue weighted by atomic mass is 16.3. The number of rotatable bonds is 7. The number of hydrogen-bond donors (Lipinski definition) is 3. The van der Waals surface area contributed by atoms with E-state index >= 15 is 0 Å². The molecule has 22 heavy (non-hydrogen) atoms. The monoisotopic (exact) mass is 298 g/mol. The van der Waals surface area contributed by atoms with Crippen molar-refractivity contribution >= 4 is 6.03 Å². The van der Waals surface area contributed by atoms with Crippen LogP contribution in [0.5, 0.6) is 0 Å². The molecule has 2 aromatic rings. The summed E-state index contributed by atoms with van der Waals surface area (Å²) < 4.78 is 0. The Morgan fingerprint density at radius 3 is 2.18 bits per heavy atom. The first-order valence-corrected chi connectivity index (χ1v) is 7.54. The fourth-order valence-corrected chi connectivity index (χ4v) is 2.19. The molecular weight excluding hydrogens is 276 g/mol. The lowest BCUT2D eigenvalue weighted by molar-refractivity contribution is 0.167. The van der Waals surface area contributed by atoms with Crippen molar-refractivity contribution < 1.29 is 9.90 Å². The van der Waals surface area contributed by atoms with Crippen LogP contribution in [0.2, 0.25) is 0 Å². The maximum atomic E-state index is 11.6. The van der Waals surface area contributed by atoms with E-state index in [0.29, 0.717) is 19.5 Å². The number of urea groups is 1. The number of carbonyl (C=O) groups is 1. The average Bonchev–Trinajstić information content (AvgIpc) is 2.56. The van der Waals surface area contributed by atoms with E-state index in [1.807, 2.05) is 60.7 Å². The largest absolute Gasteiger partial charge is 0.388 e. The number of nitrogens with one attached hydrogen (secondary N) is 2. The number of aliphatic hydroxyl groups is 1. The van der Waals surface area contributed by atoms with Crippen molar-refractivity contribution in [1.82, 2.24) is 10.6 Å². The van der Waals surface area contributed by atoms with Gasteiger partial charge in [-0.2, -0.15) is 0 Å². The van der Waals surface area contributed by atoms with Gasteiger partial charge in [-0.1, -0.05) is 60.7 Å². The number of aliphatic hydroxyl groups excluding tert-OH is 1. The van der Waals surface area contributed by atoms with Gasteiger partial charge in [-0.05, 0) is 24.0 Å². The van der Waals surface area contributed by atoms with Crippen molar-refractivity contribution in [2.75, 3.05) is 13.1 Å². The Morgan fingerprint density at radius 2 is 1.50 bits per heavy atom. The van der Waals surface area contributed by atoms with E-state index in [9.17, 15) is 9.90 Å². The molecule has 0 radical (unpaired) electrons. The molecule has 0 aliphatic rings. The summed E-state index contributed by atoms with van der Waals surface area (Å²) in [6.07, 6.45) is 0.752. The minimum atomic E-state index is -0.550. The molecule has 2 rings (SSSR count). The van der Waals surface area contributed by atoms with E-state index < -0.39 is 6.10 Å². The van der Waals surface area contributed by atoms with Crippen LogP contribution in [0.25, 0.3) is 0 Å². The fraction of sp³-hybridized carbons (Fsp3) is 0.278. The van der Waals surface area contributed by atoms with Crippen molar-refractivity contribution in [3.63, 3.8) is 0 Å². The van der Waals surface area contributed by atoms with Crippen LogP contribution in [0.15, 0.2) is 60.7 Å². The summed E-state index contributed by atoms with van der Waals surface area (Å²) in [5, 5.41) is 15.6. The van der Waals surface area contributed by atoms with Crippen molar-refractivity contribution in [3.8, 4) is 0 Å². The summed E-state index contributed by atoms with van der Waals surface area (Å²) in [6.45, 7) is 1.03. The first-order chi connectivity index (χ1) is 10.8. The van der Waals surface area contributed by atoms with Gasteiger partial charge in [0.05, 0.1) is 6.10 Å². The van der Waals surface area contributed by atoms with E-state index in [2.05, 4.69) is 10.6 Å². The van der Waals surface area contributed by atoms with E-state index in [-0.39, 0.29) is 6.03 Å². The second kappa shape index (κ2) is 8.85. The average molecular weight is 298 g/mol. The van der Waals surface area contributed by atoms with Gasteiger partial charge in [0.2, 0.25) is 0 Å². The number of hydrogen-bond acceptors (Lipinski definition) is 2. The Balaban J connectivity index is 1.60. The smallest absolute Gasteiger partial charge is 0.314 e. The zero-order valence-corrected chi connectivity index (χ0v) is 12.5. The molecule has 4 heteroatoms. The van der Waals surface area contributed by atoms with Crippen LogP contribution in [-0.2, 0) is 6.42 Å². The van der Waals surface area contributed by atoms with Crippen LogP contribution in [0.3, 0.4) is 0 Å². The van der Waals surface area contributed by atoms with Crippen LogP contribution >= 0.6 is 0 Å². The summed E-state index contributed by atoms with van der Waals surface area (Å²) in [5.74, 6) is 0. The molecule has 0 saturated heterocycles. The third-order valence-corrected chi connectivity index (χ3v) is 3.43. The third kappa shape index (κ3) is 5.58. The lowest BCUT2D eigenvalue weighted by Crippen LogP contribution is -2.37. The summed E-state index contributed by atoms with van der Waals surface area (Å²) in [5.41, 5.74) is 2.07. The van der Waals surface area contributed by atoms with Gasteiger partial charge in [-0.25, -0.2) is 4.79 Å². The van der Waals surface area contributed by atoms with Gasteiger partial charge in [0.25, 0.3) is 0 Å². The van der Waals surface area contributed by atoms with Gasteiger partial charge in [0, 0.05) is 13.1 Å². The fourth-order valence-electron chi connectivity index (χ4n) is 2.19. The van der Waals surface area contributed by atoms with Crippen LogP contribution in [0.1, 0.15) is 23.7 Å². The predicted molar refractivity (Wildman–Crippen MR) is 87.6 cm³/mol. The lowest BCUT2D eigenvalue weighted by atomic mass is 10.1. The zero-order valence-electron chi connectivity index (χ0n) is 12.5. The molecule has 0 bridgehead atoms. The molecular formula is C18H22N2O2. The van der Waals surface area contributed by atoms with E-state index in [1.165, 1.54) is 5.56 Å². The van der Waals surface area contributed by atoms with Crippen molar-refractivity contribution in [1.29, 1.82) is 0 Å². The van der Waals surface area contributed by atoms with Crippen molar-refractivity contribution in [3.05, 3.63) is 71.8 Å². The van der Waals surface area contributed by atoms with Gasteiger partial charge in [0.1, 0.15) is 0 Å². The van der Waals surface area contributed by atoms with Crippen LogP contribution in [-0.4, -0.2) is 24.2 Å². The molecule has 2 aromatic carbocycles. The molecule has 0 heterocycles. The molecule has 2 amide bonds. The molecule has 4 nitrogen and oxygen atoms in total. The Kier molecular flexibility index (Phi) is 6.45. The second-order valence-corrected chi connectivity index (χ2v) is 5.13. The van der Waals surface area contributed by atoms with E-state index in [4.69, 9.17) is 0 Å². The van der Waals surface area contributed by atoms with Gasteiger partial charge >= 0.3 is 6.03 Å². The highest BCUT2D eigenvalue weighted by Gasteiger charge is 2.07. The quantitative estimate of drug-likeness (QED) is 0.736. The van der Waals surface area contributed by atoms with Gasteiger partial charge in [0.15, 0.2) is 0 Å². The molecule has 0 saturated carbocycles. The van der Waals surface area contributed by atoms with Gasteiger partial charge in [-0.15, -0.1) is 0 Å². The summed E-state index contributed by atoms with van der Waals surface area (Å²) >= 11 is 0. The Labute approximate surface area is 131 Å². The maximum absolute atomic E-state index is 11.6. The van der Waals surface area contributed by atoms with Crippen LogP contribution in [0.4, 0.5) is 4.79 Å². The molecule has 116 valence electrons. The molecule has 3 N–H and O–H groups in total. The molecule has 1 unspecified atom stereocenters. The Morgan fingerprint density at radius 1 is 0.909 bits per heavy atom. The van der Waals surface area contributed by atoms with E-state index in [1.54, 1.807) is 0 Å². The number of carbonyl (C=O) groups excluding carboxylic acids is 1. The summed E-state index contributed by atoms with van der Waals surface area (Å²) in [4.78, 5) is 11.6. The van der Waals surface area contributed by atoms with E-state index in [0.717, 1.165) is 12.0 Å². The molecule has 0 aromatic heterocycles. The highest BCUT2D eigenvalue weighted by molar-refractivity contribution is 5.73. The highest BCUT2D eigenvalue weighted by Crippen LogP contribution is 2.14. The minimum absolute atomic E-state index is 0.198. The van der Waals surface area contributed by atoms with Gasteiger partial charge < -0.3 is 15.7 Å². The van der Waals surface area contributed by atoms with Crippen LogP contribution in [0, 0.1) is 0 Å². The SMILES string of the molecule is O=C(NCCc1ccccc1)NCCC(O)c1ccccc1. The molecule has 0 aliphatic heterocycles. The van der Waals surface area contributed by atoms with Crippen molar-refractivity contribution in [2.24, 2.45) is 0 Å². The summed E-state index contributed by atoms with van der Waals surface area (Å²) in [6, 6.07) is 19.3. The second-order valence-electron chi connectivity index (χ2n) is 5.13. The standard InChI is InChI=1S/C18H22N2O2/c21-17(16-9-5-2-6-10-16)12-14-20-18(22)19-13-11-15-7-3-1-4-8-15/h1-10,17,21H,11-14H2,(H2,19,20,22). The third-order valence-electron chi connectivity index (χ3n) is 3.43. The molecule has 0 spiro atoms. The first kappa shape index (κ1) is 16.0. The lowest BCUT2D eigenvalue weighted by Gasteiger charge is -2.12. The first-order valence-electron chi connectivity index (χ1n) is 7.54. The zero-order chi connectivity index (χ0) is 15.6. The predicted octanol–water partition coefficient (Wildman–Crippen LogP) is 2.65. The Hall–Kier alpha value is -2.33. The number of amides is 2. The summed E-state index contributed by atoms with van der Waals surface area (Å²) in [7, 11) is 0. The normalized spacial score (nSPS) is 11.7. The molecule has 1 atom stereocenters. The molecule has 0 fully saturated rings.